The van der Waals surface area contributed by atoms with Crippen LogP contribution in [0.4, 0.5) is 0 Å². The minimum absolute atomic E-state index is 0.389. The van der Waals surface area contributed by atoms with E-state index in [9.17, 15) is 4.79 Å². The highest BCUT2D eigenvalue weighted by atomic mass is 16.5. The molecule has 1 rings (SSSR count). The predicted octanol–water partition coefficient (Wildman–Crippen LogP) is 2.94. The molecule has 0 aliphatic carbocycles. The average molecular weight is 221 g/mol. The summed E-state index contributed by atoms with van der Waals surface area (Å²) in [5.74, 6) is 0.0370. The second-order valence-electron chi connectivity index (χ2n) is 2.94. The number of rotatable bonds is 3. The Kier molecular flexibility index (Phi) is 7.59. The molecule has 1 N–H and O–H groups in total. The zero-order valence-corrected chi connectivity index (χ0v) is 9.64. The van der Waals surface area contributed by atoms with Gasteiger partial charge in [-0.3, -0.25) is 0 Å². The molecule has 3 heteroatoms. The number of carboxylic acid groups (broad SMARTS) is 1. The molecule has 0 aliphatic rings. The first-order valence-electron chi connectivity index (χ1n) is 4.95. The van der Waals surface area contributed by atoms with Gasteiger partial charge in [0.25, 0.3) is 0 Å². The molecule has 0 aliphatic heterocycles. The monoisotopic (exact) mass is 221 g/mol. The van der Waals surface area contributed by atoms with Gasteiger partial charge in [-0.15, -0.1) is 0 Å². The summed E-state index contributed by atoms with van der Waals surface area (Å²) in [6, 6.07) is 9.64. The van der Waals surface area contributed by atoms with Gasteiger partial charge in [-0.05, 0) is 32.9 Å². The molecule has 0 bridgehead atoms. The van der Waals surface area contributed by atoms with E-state index in [0.29, 0.717) is 12.2 Å². The van der Waals surface area contributed by atoms with Crippen LogP contribution < -0.4 is 4.74 Å². The maximum Gasteiger partial charge on any atom is 0.330 e. The molecule has 1 aromatic carbocycles. The molecular weight excluding hydrogens is 204 g/mol. The maximum atomic E-state index is 9.86. The van der Waals surface area contributed by atoms with E-state index in [1.807, 2.05) is 30.3 Å². The van der Waals surface area contributed by atoms with Gasteiger partial charge in [0.15, 0.2) is 0 Å². The predicted molar refractivity (Wildman–Crippen MR) is 64.4 cm³/mol. The molecule has 0 unspecified atom stereocenters. The van der Waals surface area contributed by atoms with E-state index >= 15 is 0 Å². The van der Waals surface area contributed by atoms with Crippen molar-refractivity contribution in [3.05, 3.63) is 48.9 Å². The van der Waals surface area contributed by atoms with E-state index in [-0.39, 0.29) is 0 Å². The summed E-state index contributed by atoms with van der Waals surface area (Å²) in [5, 5.41) is 8.11. The van der Waals surface area contributed by atoms with Crippen molar-refractivity contribution in [3.63, 3.8) is 0 Å². The van der Waals surface area contributed by atoms with E-state index < -0.39 is 5.97 Å². The summed E-state index contributed by atoms with van der Waals surface area (Å²) < 4.78 is 5.09. The molecule has 0 amide bonds. The highest BCUT2D eigenvalue weighted by molar-refractivity contribution is 5.85. The summed E-state index contributed by atoms with van der Waals surface area (Å²) >= 11 is 0. The summed E-state index contributed by atoms with van der Waals surface area (Å²) in [7, 11) is 0. The van der Waals surface area contributed by atoms with Crippen molar-refractivity contribution in [2.45, 2.75) is 13.8 Å². The lowest BCUT2D eigenvalue weighted by atomic mass is 10.3. The number of hydrogen-bond donors (Lipinski definition) is 1. The quantitative estimate of drug-likeness (QED) is 0.798. The van der Waals surface area contributed by atoms with E-state index in [2.05, 4.69) is 6.92 Å². The molecule has 0 aromatic heterocycles. The second-order valence-corrected chi connectivity index (χ2v) is 2.94. The first-order chi connectivity index (χ1) is 7.61. The van der Waals surface area contributed by atoms with Crippen LogP contribution in [0.15, 0.2) is 42.0 Å². The molecule has 0 fully saturated rings. The maximum absolute atomic E-state index is 9.86. The third-order valence-electron chi connectivity index (χ3n) is 1.78. The van der Waals surface area contributed by atoms with E-state index in [1.54, 1.807) is 19.9 Å². The van der Waals surface area contributed by atoms with Gasteiger partial charge < -0.3 is 9.84 Å². The van der Waals surface area contributed by atoms with Crippen LogP contribution >= 0.6 is 0 Å². The number of ether oxygens (including phenoxy) is 1. The van der Waals surface area contributed by atoms with E-state index in [0.717, 1.165) is 5.75 Å². The van der Waals surface area contributed by atoms with Crippen LogP contribution in [-0.4, -0.2) is 17.7 Å². The Bertz CT molecular complexity index is 328. The molecule has 1 radical (unpaired) electrons. The van der Waals surface area contributed by atoms with Crippen molar-refractivity contribution in [1.29, 1.82) is 0 Å². The minimum Gasteiger partial charge on any atom is -0.494 e. The molecule has 0 heterocycles. The van der Waals surface area contributed by atoms with Gasteiger partial charge in [0, 0.05) is 5.57 Å². The molecule has 0 atom stereocenters. The van der Waals surface area contributed by atoms with E-state index in [1.165, 1.54) is 0 Å². The van der Waals surface area contributed by atoms with Crippen LogP contribution in [0.2, 0.25) is 0 Å². The lowest BCUT2D eigenvalue weighted by molar-refractivity contribution is -0.132. The van der Waals surface area contributed by atoms with Crippen LogP contribution in [0, 0.1) is 6.92 Å². The Hall–Kier alpha value is -1.77. The number of hydrogen-bond acceptors (Lipinski definition) is 2. The lowest BCUT2D eigenvalue weighted by Gasteiger charge is -1.99. The van der Waals surface area contributed by atoms with Gasteiger partial charge >= 0.3 is 5.97 Å². The molecular formula is C13H17O3. The Morgan fingerprint density at radius 2 is 2.00 bits per heavy atom. The molecule has 0 saturated carbocycles. The van der Waals surface area contributed by atoms with Crippen molar-refractivity contribution < 1.29 is 14.6 Å². The number of allylic oxidation sites excluding steroid dienone is 1. The Morgan fingerprint density at radius 1 is 1.44 bits per heavy atom. The molecule has 1 aromatic rings. The average Bonchev–Trinajstić information content (AvgIpc) is 2.30. The lowest BCUT2D eigenvalue weighted by Crippen LogP contribution is -1.93. The Morgan fingerprint density at radius 3 is 2.31 bits per heavy atom. The van der Waals surface area contributed by atoms with Gasteiger partial charge in [-0.25, -0.2) is 4.79 Å². The summed E-state index contributed by atoms with van der Waals surface area (Å²) in [6.45, 7) is 7.30. The van der Waals surface area contributed by atoms with Crippen LogP contribution in [0.3, 0.4) is 0 Å². The first kappa shape index (κ1) is 14.2. The van der Waals surface area contributed by atoms with Crippen molar-refractivity contribution >= 4 is 5.97 Å². The van der Waals surface area contributed by atoms with Crippen molar-refractivity contribution in [2.75, 3.05) is 6.61 Å². The fraction of sp³-hybridized carbons (Fsp3) is 0.231. The highest BCUT2D eigenvalue weighted by Crippen LogP contribution is 2.06. The third kappa shape index (κ3) is 6.65. The largest absolute Gasteiger partial charge is 0.494 e. The van der Waals surface area contributed by atoms with Crippen LogP contribution in [0.25, 0.3) is 0 Å². The second kappa shape index (κ2) is 8.53. The molecule has 3 nitrogen and oxygen atoms in total. The fourth-order valence-corrected chi connectivity index (χ4v) is 0.758. The third-order valence-corrected chi connectivity index (χ3v) is 1.78. The summed E-state index contributed by atoms with van der Waals surface area (Å²) in [6.07, 6.45) is 1.56. The van der Waals surface area contributed by atoms with Gasteiger partial charge in [0.2, 0.25) is 0 Å². The minimum atomic E-state index is -0.845. The number of para-hydroxylation sites is 1. The van der Waals surface area contributed by atoms with Crippen molar-refractivity contribution in [1.82, 2.24) is 0 Å². The SMILES string of the molecule is CC=C(C)C(=O)O.[CH2]COc1ccccc1. The highest BCUT2D eigenvalue weighted by Gasteiger charge is 1.93. The zero-order chi connectivity index (χ0) is 12.4. The fourth-order valence-electron chi connectivity index (χ4n) is 0.758. The molecule has 0 spiro atoms. The Balaban J connectivity index is 0.000000293. The number of aliphatic carboxylic acids is 1. The zero-order valence-electron chi connectivity index (χ0n) is 9.64. The van der Waals surface area contributed by atoms with Crippen LogP contribution in [-0.2, 0) is 4.79 Å². The smallest absolute Gasteiger partial charge is 0.330 e. The van der Waals surface area contributed by atoms with E-state index in [4.69, 9.17) is 9.84 Å². The van der Waals surface area contributed by atoms with Crippen molar-refractivity contribution in [2.24, 2.45) is 0 Å². The summed E-state index contributed by atoms with van der Waals surface area (Å²) in [4.78, 5) is 9.86. The summed E-state index contributed by atoms with van der Waals surface area (Å²) in [5.41, 5.74) is 0.389. The van der Waals surface area contributed by atoms with Gasteiger partial charge in [0.05, 0.1) is 6.61 Å². The topological polar surface area (TPSA) is 46.5 Å². The van der Waals surface area contributed by atoms with Gasteiger partial charge in [-0.1, -0.05) is 24.3 Å². The normalized spacial score (nSPS) is 10.1. The first-order valence-corrected chi connectivity index (χ1v) is 4.95. The van der Waals surface area contributed by atoms with Crippen LogP contribution in [0.5, 0.6) is 5.75 Å². The number of carbonyl (C=O) groups is 1. The molecule has 16 heavy (non-hydrogen) atoms. The van der Waals surface area contributed by atoms with Crippen molar-refractivity contribution in [3.8, 4) is 5.75 Å². The Labute approximate surface area is 96.4 Å². The standard InChI is InChI=1S/C8H9O.C5H8O2/c1-2-9-8-6-4-3-5-7-8;1-3-4(2)5(6)7/h3-7H,1-2H2;3H,1-2H3,(H,6,7). The number of carboxylic acids is 1. The molecule has 0 saturated heterocycles. The van der Waals surface area contributed by atoms with Crippen LogP contribution in [0.1, 0.15) is 13.8 Å². The van der Waals surface area contributed by atoms with Gasteiger partial charge in [0.1, 0.15) is 5.75 Å². The number of benzene rings is 1. The van der Waals surface area contributed by atoms with Gasteiger partial charge in [-0.2, -0.15) is 0 Å². The molecule has 87 valence electrons.